The lowest BCUT2D eigenvalue weighted by Gasteiger charge is -2.39. The maximum absolute atomic E-state index is 14.5. The molecule has 3 atom stereocenters. The van der Waals surface area contributed by atoms with Crippen molar-refractivity contribution in [1.82, 2.24) is 25.7 Å². The minimum absolute atomic E-state index is 0.0725. The number of nitrogens with one attached hydrogen (secondary N) is 2. The summed E-state index contributed by atoms with van der Waals surface area (Å²) in [4.78, 5) is 0. The predicted molar refractivity (Wildman–Crippen MR) is 105 cm³/mol. The van der Waals surface area contributed by atoms with E-state index in [1.807, 2.05) is 0 Å². The predicted octanol–water partition coefficient (Wildman–Crippen LogP) is 3.43. The molecule has 5 rings (SSSR count). The molecule has 3 N–H and O–H groups in total. The molecule has 0 spiro atoms. The number of piperidine rings is 2. The van der Waals surface area contributed by atoms with Crippen LogP contribution in [0.1, 0.15) is 32.1 Å². The number of hydrogen-bond acceptors (Lipinski definition) is 6. The van der Waals surface area contributed by atoms with E-state index in [0.717, 1.165) is 12.8 Å². The summed E-state index contributed by atoms with van der Waals surface area (Å²) in [5, 5.41) is 28.8. The number of halogens is 1. The molecule has 2 aromatic heterocycles. The van der Waals surface area contributed by atoms with Crippen LogP contribution in [-0.2, 0) is 0 Å². The number of phenolic OH excluding ortho intramolecular Hbond substituents is 1. The molecule has 2 bridgehead atoms. The van der Waals surface area contributed by atoms with Crippen molar-refractivity contribution in [3.8, 4) is 34.0 Å². The molecule has 3 aromatic rings. The van der Waals surface area contributed by atoms with Gasteiger partial charge in [0.25, 0.3) is 0 Å². The Labute approximate surface area is 167 Å². The van der Waals surface area contributed by atoms with Gasteiger partial charge in [0.05, 0.1) is 11.9 Å². The standard InChI is InChI=1S/C21H22FN5O2/c22-18-8-17(20(28)9-16(18)12-10-23-24-11-12)19-4-5-21(27-26-19)29-15-6-13-2-1-3-14(7-15)25-13/h4-5,8-11,13-15,25,28H,1-3,6-7H2,(H,23,24)/t13-,14+,15+. The first-order chi connectivity index (χ1) is 14.2. The SMILES string of the molecule is Oc1cc(-c2cn[nH]c2)c(F)cc1-c1ccc(O[C@H]2C[C@H]3CCC[C@@H](C2)N3)nn1. The highest BCUT2D eigenvalue weighted by atomic mass is 19.1. The van der Waals surface area contributed by atoms with Crippen LogP contribution in [0.5, 0.6) is 11.6 Å². The number of H-pyrrole nitrogens is 1. The van der Waals surface area contributed by atoms with E-state index in [1.54, 1.807) is 18.3 Å². The maximum Gasteiger partial charge on any atom is 0.233 e. The first-order valence-corrected chi connectivity index (χ1v) is 9.94. The average molecular weight is 395 g/mol. The molecular weight excluding hydrogens is 373 g/mol. The molecule has 0 saturated carbocycles. The summed E-state index contributed by atoms with van der Waals surface area (Å²) >= 11 is 0. The zero-order chi connectivity index (χ0) is 19.8. The highest BCUT2D eigenvalue weighted by Gasteiger charge is 2.32. The minimum Gasteiger partial charge on any atom is -0.507 e. The Bertz CT molecular complexity index is 981. The third-order valence-corrected chi connectivity index (χ3v) is 5.77. The van der Waals surface area contributed by atoms with Gasteiger partial charge in [0.15, 0.2) is 0 Å². The number of aromatic nitrogens is 4. The van der Waals surface area contributed by atoms with Crippen molar-refractivity contribution >= 4 is 0 Å². The van der Waals surface area contributed by atoms with Crippen LogP contribution < -0.4 is 10.1 Å². The van der Waals surface area contributed by atoms with Crippen LogP contribution in [0.4, 0.5) is 4.39 Å². The number of ether oxygens (including phenoxy) is 1. The van der Waals surface area contributed by atoms with Crippen molar-refractivity contribution in [1.29, 1.82) is 0 Å². The largest absolute Gasteiger partial charge is 0.507 e. The van der Waals surface area contributed by atoms with Crippen molar-refractivity contribution in [2.75, 3.05) is 0 Å². The molecule has 1 aromatic carbocycles. The van der Waals surface area contributed by atoms with Gasteiger partial charge in [-0.2, -0.15) is 5.10 Å². The highest BCUT2D eigenvalue weighted by molar-refractivity contribution is 5.74. The topological polar surface area (TPSA) is 96.0 Å². The van der Waals surface area contributed by atoms with Crippen LogP contribution in [0.2, 0.25) is 0 Å². The number of benzene rings is 1. The number of aromatic amines is 1. The Morgan fingerprint density at radius 2 is 1.90 bits per heavy atom. The summed E-state index contributed by atoms with van der Waals surface area (Å²) in [6.07, 6.45) is 8.82. The summed E-state index contributed by atoms with van der Waals surface area (Å²) in [5.41, 5.74) is 1.50. The molecular formula is C21H22FN5O2. The lowest BCUT2D eigenvalue weighted by Crippen LogP contribution is -2.51. The van der Waals surface area contributed by atoms with Gasteiger partial charge < -0.3 is 15.2 Å². The molecule has 2 aliphatic heterocycles. The number of hydrogen-bond donors (Lipinski definition) is 3. The molecule has 150 valence electrons. The van der Waals surface area contributed by atoms with Gasteiger partial charge in [0.1, 0.15) is 17.7 Å². The second-order valence-electron chi connectivity index (χ2n) is 7.80. The molecule has 0 amide bonds. The third-order valence-electron chi connectivity index (χ3n) is 5.77. The van der Waals surface area contributed by atoms with E-state index in [4.69, 9.17) is 4.74 Å². The van der Waals surface area contributed by atoms with E-state index < -0.39 is 5.82 Å². The minimum atomic E-state index is -0.470. The van der Waals surface area contributed by atoms with Gasteiger partial charge in [-0.15, -0.1) is 10.2 Å². The van der Waals surface area contributed by atoms with Gasteiger partial charge in [-0.05, 0) is 43.9 Å². The van der Waals surface area contributed by atoms with Crippen molar-refractivity contribution in [3.05, 3.63) is 42.5 Å². The zero-order valence-electron chi connectivity index (χ0n) is 15.8. The van der Waals surface area contributed by atoms with Crippen molar-refractivity contribution < 1.29 is 14.2 Å². The summed E-state index contributed by atoms with van der Waals surface area (Å²) < 4.78 is 20.6. The van der Waals surface area contributed by atoms with Crippen molar-refractivity contribution in [2.24, 2.45) is 0 Å². The Morgan fingerprint density at radius 1 is 1.07 bits per heavy atom. The maximum atomic E-state index is 14.5. The molecule has 4 heterocycles. The monoisotopic (exact) mass is 395 g/mol. The van der Waals surface area contributed by atoms with Crippen LogP contribution in [0.3, 0.4) is 0 Å². The first-order valence-electron chi connectivity index (χ1n) is 9.94. The molecule has 0 radical (unpaired) electrons. The summed E-state index contributed by atoms with van der Waals surface area (Å²) in [7, 11) is 0. The van der Waals surface area contributed by atoms with Crippen molar-refractivity contribution in [3.63, 3.8) is 0 Å². The van der Waals surface area contributed by atoms with Gasteiger partial charge in [-0.3, -0.25) is 5.10 Å². The third kappa shape index (κ3) is 3.67. The number of aromatic hydroxyl groups is 1. The van der Waals surface area contributed by atoms with Gasteiger partial charge in [0.2, 0.25) is 5.88 Å². The summed E-state index contributed by atoms with van der Waals surface area (Å²) in [5.74, 6) is -0.0898. The normalized spacial score (nSPS) is 23.7. The van der Waals surface area contributed by atoms with Gasteiger partial charge in [-0.25, -0.2) is 4.39 Å². The fourth-order valence-electron chi connectivity index (χ4n) is 4.39. The lowest BCUT2D eigenvalue weighted by molar-refractivity contribution is 0.0881. The number of fused-ring (bicyclic) bond motifs is 2. The van der Waals surface area contributed by atoms with E-state index >= 15 is 0 Å². The molecule has 7 nitrogen and oxygen atoms in total. The Morgan fingerprint density at radius 3 is 2.59 bits per heavy atom. The van der Waals surface area contributed by atoms with Crippen molar-refractivity contribution in [2.45, 2.75) is 50.3 Å². The summed E-state index contributed by atoms with van der Waals surface area (Å²) in [6, 6.07) is 7.09. The fourth-order valence-corrected chi connectivity index (χ4v) is 4.39. The molecule has 0 aliphatic carbocycles. The van der Waals surface area contributed by atoms with Crippen LogP contribution in [0, 0.1) is 5.82 Å². The van der Waals surface area contributed by atoms with Crippen LogP contribution in [0.15, 0.2) is 36.7 Å². The Hall–Kier alpha value is -3.00. The van der Waals surface area contributed by atoms with Crippen LogP contribution in [-0.4, -0.2) is 43.7 Å². The zero-order valence-corrected chi connectivity index (χ0v) is 15.8. The highest BCUT2D eigenvalue weighted by Crippen LogP contribution is 2.35. The number of phenols is 1. The second kappa shape index (κ2) is 7.44. The van der Waals surface area contributed by atoms with Gasteiger partial charge in [-0.1, -0.05) is 6.42 Å². The van der Waals surface area contributed by atoms with E-state index in [2.05, 4.69) is 25.7 Å². The van der Waals surface area contributed by atoms with Crippen LogP contribution in [0.25, 0.3) is 22.4 Å². The second-order valence-corrected chi connectivity index (χ2v) is 7.80. The van der Waals surface area contributed by atoms with E-state index in [0.29, 0.717) is 29.2 Å². The lowest BCUT2D eigenvalue weighted by atomic mass is 9.85. The molecule has 0 unspecified atom stereocenters. The Kier molecular flexibility index (Phi) is 4.63. The van der Waals surface area contributed by atoms with E-state index in [1.165, 1.54) is 37.6 Å². The van der Waals surface area contributed by atoms with Gasteiger partial charge in [0, 0.05) is 41.0 Å². The first kappa shape index (κ1) is 18.1. The molecule has 2 saturated heterocycles. The van der Waals surface area contributed by atoms with E-state index in [-0.39, 0.29) is 23.0 Å². The number of nitrogens with zero attached hydrogens (tertiary/aromatic N) is 3. The smallest absolute Gasteiger partial charge is 0.233 e. The van der Waals surface area contributed by atoms with Gasteiger partial charge >= 0.3 is 0 Å². The van der Waals surface area contributed by atoms with E-state index in [9.17, 15) is 9.50 Å². The molecule has 8 heteroatoms. The summed E-state index contributed by atoms with van der Waals surface area (Å²) in [6.45, 7) is 0. The molecule has 29 heavy (non-hydrogen) atoms. The fraction of sp³-hybridized carbons (Fsp3) is 0.381. The molecule has 2 fully saturated rings. The average Bonchev–Trinajstić information content (AvgIpc) is 3.24. The molecule has 2 aliphatic rings. The quantitative estimate of drug-likeness (QED) is 0.626. The van der Waals surface area contributed by atoms with Crippen LogP contribution >= 0.6 is 0 Å². The number of rotatable bonds is 4. The Balaban J connectivity index is 1.33.